The van der Waals surface area contributed by atoms with E-state index in [0.717, 1.165) is 12.0 Å². The summed E-state index contributed by atoms with van der Waals surface area (Å²) in [6, 6.07) is 5.38. The highest BCUT2D eigenvalue weighted by atomic mass is 32.2. The number of carbonyl (C=O) groups is 2. The summed E-state index contributed by atoms with van der Waals surface area (Å²) in [6.45, 7) is 2.75. The smallest absolute Gasteiger partial charge is 0.305 e. The van der Waals surface area contributed by atoms with Crippen LogP contribution in [0.1, 0.15) is 31.7 Å². The number of rotatable bonds is 9. The molecule has 8 heteroatoms. The predicted molar refractivity (Wildman–Crippen MR) is 110 cm³/mol. The predicted octanol–water partition coefficient (Wildman–Crippen LogP) is 3.64. The van der Waals surface area contributed by atoms with Crippen molar-refractivity contribution < 1.29 is 23.8 Å². The summed E-state index contributed by atoms with van der Waals surface area (Å²) < 4.78 is 16.1. The second-order valence-corrected chi connectivity index (χ2v) is 7.44. The van der Waals surface area contributed by atoms with Crippen LogP contribution in [0.15, 0.2) is 23.1 Å². The van der Waals surface area contributed by atoms with Crippen LogP contribution in [0.25, 0.3) is 6.08 Å². The van der Waals surface area contributed by atoms with Crippen LogP contribution in [0.5, 0.6) is 11.5 Å². The minimum Gasteiger partial charge on any atom is -0.497 e. The fraction of sp³-hybridized carbons (Fsp3) is 0.421. The maximum absolute atomic E-state index is 12.7. The third kappa shape index (κ3) is 5.71. The second kappa shape index (κ2) is 10.3. The van der Waals surface area contributed by atoms with E-state index in [1.807, 2.05) is 6.92 Å². The number of hydrogen-bond acceptors (Lipinski definition) is 7. The van der Waals surface area contributed by atoms with E-state index >= 15 is 0 Å². The number of hydrogen-bond donors (Lipinski definition) is 0. The zero-order valence-corrected chi connectivity index (χ0v) is 17.3. The Labute approximate surface area is 168 Å². The molecule has 0 saturated carbocycles. The van der Waals surface area contributed by atoms with Crippen LogP contribution < -0.4 is 9.47 Å². The van der Waals surface area contributed by atoms with Crippen molar-refractivity contribution in [3.8, 4) is 11.5 Å². The maximum Gasteiger partial charge on any atom is 0.305 e. The molecule has 0 aliphatic carbocycles. The molecule has 1 aliphatic rings. The van der Waals surface area contributed by atoms with Gasteiger partial charge in [-0.05, 0) is 37.1 Å². The number of thioether (sulfide) groups is 1. The zero-order valence-electron chi connectivity index (χ0n) is 15.6. The Hall–Kier alpha value is -2.06. The largest absolute Gasteiger partial charge is 0.497 e. The monoisotopic (exact) mass is 409 g/mol. The van der Waals surface area contributed by atoms with Crippen LogP contribution >= 0.6 is 24.0 Å². The third-order valence-corrected chi connectivity index (χ3v) is 5.20. The molecule has 146 valence electrons. The third-order valence-electron chi connectivity index (χ3n) is 3.83. The Morgan fingerprint density at radius 3 is 2.74 bits per heavy atom. The van der Waals surface area contributed by atoms with Crippen LogP contribution in [0.2, 0.25) is 0 Å². The van der Waals surface area contributed by atoms with Gasteiger partial charge in [0, 0.05) is 18.5 Å². The molecule has 1 aromatic carbocycles. The fourth-order valence-corrected chi connectivity index (χ4v) is 3.76. The van der Waals surface area contributed by atoms with Crippen molar-refractivity contribution in [1.29, 1.82) is 0 Å². The molecule has 1 aliphatic heterocycles. The molecule has 0 aromatic heterocycles. The molecule has 1 saturated heterocycles. The summed E-state index contributed by atoms with van der Waals surface area (Å²) in [7, 11) is 3.15. The number of methoxy groups -OCH3 is 2. The average molecular weight is 410 g/mol. The number of carbonyl (C=O) groups excluding carboxylic acids is 2. The Kier molecular flexibility index (Phi) is 8.12. The zero-order chi connectivity index (χ0) is 19.8. The summed E-state index contributed by atoms with van der Waals surface area (Å²) in [5.74, 6) is 0.888. The van der Waals surface area contributed by atoms with Gasteiger partial charge in [0.25, 0.3) is 5.91 Å². The quantitative estimate of drug-likeness (QED) is 0.350. The fourth-order valence-electron chi connectivity index (χ4n) is 2.46. The summed E-state index contributed by atoms with van der Waals surface area (Å²) in [5, 5.41) is 0. The van der Waals surface area contributed by atoms with Crippen molar-refractivity contribution in [2.45, 2.75) is 26.2 Å². The molecule has 0 N–H and O–H groups in total. The van der Waals surface area contributed by atoms with E-state index in [1.54, 1.807) is 38.5 Å². The summed E-state index contributed by atoms with van der Waals surface area (Å²) in [5.41, 5.74) is 0.737. The second-order valence-electron chi connectivity index (χ2n) is 5.77. The molecule has 0 spiro atoms. The average Bonchev–Trinajstić information content (AvgIpc) is 2.93. The Morgan fingerprint density at radius 1 is 1.30 bits per heavy atom. The molecule has 6 nitrogen and oxygen atoms in total. The molecule has 1 fully saturated rings. The standard InChI is InChI=1S/C19H23NO5S2/c1-4-10-25-17(21)6-5-9-20-18(22)16(27-19(20)26)12-13-11-14(23-2)7-8-15(13)24-3/h7-8,11-12H,4-6,9-10H2,1-3H3/b16-12-. The summed E-state index contributed by atoms with van der Waals surface area (Å²) >= 11 is 6.56. The lowest BCUT2D eigenvalue weighted by Crippen LogP contribution is -2.29. The van der Waals surface area contributed by atoms with Gasteiger partial charge in [-0.25, -0.2) is 0 Å². The molecule has 1 amide bonds. The molecule has 1 aromatic rings. The van der Waals surface area contributed by atoms with Gasteiger partial charge in [0.05, 0.1) is 25.7 Å². The normalized spacial score (nSPS) is 15.4. The number of esters is 1. The molecular weight excluding hydrogens is 386 g/mol. The van der Waals surface area contributed by atoms with E-state index in [-0.39, 0.29) is 18.3 Å². The molecule has 27 heavy (non-hydrogen) atoms. The summed E-state index contributed by atoms with van der Waals surface area (Å²) in [4.78, 5) is 26.3. The van der Waals surface area contributed by atoms with E-state index in [1.165, 1.54) is 16.7 Å². The van der Waals surface area contributed by atoms with Gasteiger partial charge >= 0.3 is 5.97 Å². The Balaban J connectivity index is 2.05. The maximum atomic E-state index is 12.7. The van der Waals surface area contributed by atoms with Crippen LogP contribution in [-0.2, 0) is 14.3 Å². The van der Waals surface area contributed by atoms with Crippen LogP contribution in [0, 0.1) is 0 Å². The lowest BCUT2D eigenvalue weighted by Gasteiger charge is -2.13. The van der Waals surface area contributed by atoms with Gasteiger partial charge in [0.15, 0.2) is 0 Å². The van der Waals surface area contributed by atoms with Crippen molar-refractivity contribution in [3.05, 3.63) is 28.7 Å². The Morgan fingerprint density at radius 2 is 2.07 bits per heavy atom. The molecule has 0 unspecified atom stereocenters. The van der Waals surface area contributed by atoms with Crippen LogP contribution in [0.3, 0.4) is 0 Å². The van der Waals surface area contributed by atoms with Gasteiger partial charge in [-0.2, -0.15) is 0 Å². The van der Waals surface area contributed by atoms with Crippen LogP contribution in [-0.4, -0.2) is 48.5 Å². The van der Waals surface area contributed by atoms with E-state index in [9.17, 15) is 9.59 Å². The Bertz CT molecular complexity index is 748. The lowest BCUT2D eigenvalue weighted by atomic mass is 10.1. The number of ether oxygens (including phenoxy) is 3. The van der Waals surface area contributed by atoms with Crippen molar-refractivity contribution in [3.63, 3.8) is 0 Å². The minimum atomic E-state index is -0.251. The van der Waals surface area contributed by atoms with Gasteiger partial charge in [-0.15, -0.1) is 0 Å². The number of thiocarbonyl (C=S) groups is 1. The molecule has 0 atom stereocenters. The molecular formula is C19H23NO5S2. The SMILES string of the molecule is CCCOC(=O)CCCN1C(=O)/C(=C/c2cc(OC)ccc2OC)SC1=S. The van der Waals surface area contributed by atoms with Crippen molar-refractivity contribution in [2.75, 3.05) is 27.4 Å². The first-order valence-electron chi connectivity index (χ1n) is 8.63. The topological polar surface area (TPSA) is 65.1 Å². The highest BCUT2D eigenvalue weighted by Crippen LogP contribution is 2.35. The van der Waals surface area contributed by atoms with Crippen molar-refractivity contribution in [2.24, 2.45) is 0 Å². The summed E-state index contributed by atoms with van der Waals surface area (Å²) in [6.07, 6.45) is 3.31. The molecule has 0 radical (unpaired) electrons. The number of benzene rings is 1. The van der Waals surface area contributed by atoms with Gasteiger partial charge < -0.3 is 14.2 Å². The number of nitrogens with zero attached hydrogens (tertiary/aromatic N) is 1. The first-order valence-corrected chi connectivity index (χ1v) is 9.85. The minimum absolute atomic E-state index is 0.170. The van der Waals surface area contributed by atoms with Gasteiger partial charge in [0.2, 0.25) is 0 Å². The highest BCUT2D eigenvalue weighted by Gasteiger charge is 2.32. The number of amides is 1. The van der Waals surface area contributed by atoms with Gasteiger partial charge in [-0.3, -0.25) is 14.5 Å². The molecule has 0 bridgehead atoms. The van der Waals surface area contributed by atoms with Crippen molar-refractivity contribution >= 4 is 46.3 Å². The van der Waals surface area contributed by atoms with E-state index in [0.29, 0.717) is 40.3 Å². The van der Waals surface area contributed by atoms with Crippen LogP contribution in [0.4, 0.5) is 0 Å². The first kappa shape index (κ1) is 21.2. The molecule has 2 rings (SSSR count). The van der Waals surface area contributed by atoms with E-state index < -0.39 is 0 Å². The first-order chi connectivity index (χ1) is 13.0. The lowest BCUT2D eigenvalue weighted by molar-refractivity contribution is -0.144. The van der Waals surface area contributed by atoms with Crippen molar-refractivity contribution in [1.82, 2.24) is 4.90 Å². The van der Waals surface area contributed by atoms with Gasteiger partial charge in [0.1, 0.15) is 15.8 Å². The molecule has 1 heterocycles. The highest BCUT2D eigenvalue weighted by molar-refractivity contribution is 8.26. The van der Waals surface area contributed by atoms with E-state index in [4.69, 9.17) is 26.4 Å². The van der Waals surface area contributed by atoms with Gasteiger partial charge in [-0.1, -0.05) is 30.9 Å². The van der Waals surface area contributed by atoms with E-state index in [2.05, 4.69) is 0 Å².